The normalized spacial score (nSPS) is 20.7. The van der Waals surface area contributed by atoms with Gasteiger partial charge in [0.05, 0.1) is 13.7 Å². The quantitative estimate of drug-likeness (QED) is 0.622. The molecule has 1 aromatic rings. The SMILES string of the molecule is COc1ncc([C@H]2CO2)cc1C. The number of nitrogens with zero attached hydrogens (tertiary/aromatic N) is 1. The molecule has 2 heterocycles. The largest absolute Gasteiger partial charge is 0.481 e. The van der Waals surface area contributed by atoms with E-state index in [1.165, 1.54) is 0 Å². The summed E-state index contributed by atoms with van der Waals surface area (Å²) >= 11 is 0. The predicted octanol–water partition coefficient (Wildman–Crippen LogP) is 1.47. The lowest BCUT2D eigenvalue weighted by Gasteiger charge is -2.03. The van der Waals surface area contributed by atoms with E-state index in [0.29, 0.717) is 5.88 Å². The van der Waals surface area contributed by atoms with E-state index in [9.17, 15) is 0 Å². The van der Waals surface area contributed by atoms with Crippen molar-refractivity contribution in [2.24, 2.45) is 0 Å². The van der Waals surface area contributed by atoms with Crippen molar-refractivity contribution < 1.29 is 9.47 Å². The number of pyridine rings is 1. The van der Waals surface area contributed by atoms with Crippen LogP contribution in [0.5, 0.6) is 5.88 Å². The summed E-state index contributed by atoms with van der Waals surface area (Å²) in [7, 11) is 1.63. The highest BCUT2D eigenvalue weighted by Gasteiger charge is 2.25. The maximum absolute atomic E-state index is 5.14. The van der Waals surface area contributed by atoms with E-state index in [-0.39, 0.29) is 6.10 Å². The molecular formula is C9H11NO2. The summed E-state index contributed by atoms with van der Waals surface area (Å²) < 4.78 is 10.2. The van der Waals surface area contributed by atoms with Gasteiger partial charge in [-0.2, -0.15) is 0 Å². The summed E-state index contributed by atoms with van der Waals surface area (Å²) in [5.74, 6) is 0.694. The van der Waals surface area contributed by atoms with E-state index >= 15 is 0 Å². The van der Waals surface area contributed by atoms with Crippen LogP contribution in [0.4, 0.5) is 0 Å². The molecule has 2 rings (SSSR count). The Hall–Kier alpha value is -1.09. The smallest absolute Gasteiger partial charge is 0.215 e. The van der Waals surface area contributed by atoms with Gasteiger partial charge in [-0.15, -0.1) is 0 Å². The first-order valence-electron chi connectivity index (χ1n) is 3.93. The van der Waals surface area contributed by atoms with Crippen molar-refractivity contribution >= 4 is 0 Å². The molecule has 0 bridgehead atoms. The third-order valence-electron chi connectivity index (χ3n) is 1.95. The summed E-state index contributed by atoms with van der Waals surface area (Å²) in [5.41, 5.74) is 2.21. The first-order chi connectivity index (χ1) is 5.81. The molecule has 0 aliphatic carbocycles. The van der Waals surface area contributed by atoms with Crippen LogP contribution in [0.1, 0.15) is 17.2 Å². The van der Waals surface area contributed by atoms with Crippen molar-refractivity contribution in [3.8, 4) is 5.88 Å². The van der Waals surface area contributed by atoms with Crippen molar-refractivity contribution in [3.05, 3.63) is 23.4 Å². The van der Waals surface area contributed by atoms with Gasteiger partial charge >= 0.3 is 0 Å². The predicted molar refractivity (Wildman–Crippen MR) is 44.2 cm³/mol. The standard InChI is InChI=1S/C9H11NO2/c1-6-3-7(8-5-12-8)4-10-9(6)11-2/h3-4,8H,5H2,1-2H3/t8-/m1/s1. The summed E-state index contributed by atoms with van der Waals surface area (Å²) in [4.78, 5) is 4.16. The summed E-state index contributed by atoms with van der Waals surface area (Å²) in [5, 5.41) is 0. The Morgan fingerprint density at radius 3 is 2.92 bits per heavy atom. The lowest BCUT2D eigenvalue weighted by atomic mass is 10.2. The second-order valence-electron chi connectivity index (χ2n) is 2.92. The number of methoxy groups -OCH3 is 1. The second kappa shape index (κ2) is 2.75. The number of hydrogen-bond acceptors (Lipinski definition) is 3. The summed E-state index contributed by atoms with van der Waals surface area (Å²) in [6.45, 7) is 2.81. The van der Waals surface area contributed by atoms with E-state index in [4.69, 9.17) is 9.47 Å². The molecule has 0 spiro atoms. The van der Waals surface area contributed by atoms with Crippen molar-refractivity contribution in [3.63, 3.8) is 0 Å². The number of aryl methyl sites for hydroxylation is 1. The van der Waals surface area contributed by atoms with Crippen LogP contribution in [0.2, 0.25) is 0 Å². The average Bonchev–Trinajstić information content (AvgIpc) is 2.86. The van der Waals surface area contributed by atoms with Gasteiger partial charge in [0.15, 0.2) is 0 Å². The van der Waals surface area contributed by atoms with Gasteiger partial charge in [-0.3, -0.25) is 0 Å². The molecule has 3 heteroatoms. The fourth-order valence-electron chi connectivity index (χ4n) is 1.21. The molecule has 1 atom stereocenters. The lowest BCUT2D eigenvalue weighted by molar-refractivity contribution is 0.391. The molecule has 1 aliphatic heterocycles. The van der Waals surface area contributed by atoms with Crippen LogP contribution in [-0.4, -0.2) is 18.7 Å². The Labute approximate surface area is 71.3 Å². The molecule has 0 unspecified atom stereocenters. The number of ether oxygens (including phenoxy) is 2. The third-order valence-corrected chi connectivity index (χ3v) is 1.95. The van der Waals surface area contributed by atoms with Crippen LogP contribution in [0.15, 0.2) is 12.3 Å². The highest BCUT2D eigenvalue weighted by atomic mass is 16.6. The molecule has 0 saturated carbocycles. The minimum absolute atomic E-state index is 0.280. The maximum Gasteiger partial charge on any atom is 0.215 e. The molecule has 1 aromatic heterocycles. The molecule has 1 aliphatic rings. The molecule has 3 nitrogen and oxygen atoms in total. The van der Waals surface area contributed by atoms with Crippen LogP contribution >= 0.6 is 0 Å². The van der Waals surface area contributed by atoms with E-state index in [1.807, 2.05) is 13.1 Å². The average molecular weight is 165 g/mol. The van der Waals surface area contributed by atoms with Crippen molar-refractivity contribution in [2.75, 3.05) is 13.7 Å². The first-order valence-corrected chi connectivity index (χ1v) is 3.93. The zero-order valence-corrected chi connectivity index (χ0v) is 7.20. The van der Waals surface area contributed by atoms with E-state index in [0.717, 1.165) is 17.7 Å². The molecule has 0 aromatic carbocycles. The van der Waals surface area contributed by atoms with E-state index in [1.54, 1.807) is 7.11 Å². The lowest BCUT2D eigenvalue weighted by Crippen LogP contribution is -1.93. The third kappa shape index (κ3) is 1.28. The van der Waals surface area contributed by atoms with Crippen LogP contribution in [-0.2, 0) is 4.74 Å². The van der Waals surface area contributed by atoms with Gasteiger partial charge in [-0.1, -0.05) is 0 Å². The van der Waals surface area contributed by atoms with Gasteiger partial charge in [-0.25, -0.2) is 4.98 Å². The fourth-order valence-corrected chi connectivity index (χ4v) is 1.21. The van der Waals surface area contributed by atoms with Crippen LogP contribution < -0.4 is 4.74 Å². The van der Waals surface area contributed by atoms with Crippen LogP contribution in [0.3, 0.4) is 0 Å². The van der Waals surface area contributed by atoms with E-state index in [2.05, 4.69) is 11.1 Å². The van der Waals surface area contributed by atoms with Gasteiger partial charge in [0.2, 0.25) is 5.88 Å². The summed E-state index contributed by atoms with van der Waals surface area (Å²) in [6.07, 6.45) is 2.09. The number of epoxide rings is 1. The molecule has 0 radical (unpaired) electrons. The minimum atomic E-state index is 0.280. The second-order valence-corrected chi connectivity index (χ2v) is 2.92. The Bertz CT molecular complexity index is 295. The van der Waals surface area contributed by atoms with Crippen LogP contribution in [0, 0.1) is 6.92 Å². The number of rotatable bonds is 2. The first kappa shape index (κ1) is 7.55. The Balaban J connectivity index is 2.30. The molecular weight excluding hydrogens is 154 g/mol. The molecule has 1 fully saturated rings. The maximum atomic E-state index is 5.14. The number of aromatic nitrogens is 1. The van der Waals surface area contributed by atoms with Gasteiger partial charge < -0.3 is 9.47 Å². The molecule has 12 heavy (non-hydrogen) atoms. The van der Waals surface area contributed by atoms with Crippen molar-refractivity contribution in [1.82, 2.24) is 4.98 Å². The van der Waals surface area contributed by atoms with Crippen molar-refractivity contribution in [2.45, 2.75) is 13.0 Å². The Morgan fingerprint density at radius 2 is 2.42 bits per heavy atom. The molecule has 0 amide bonds. The van der Waals surface area contributed by atoms with Gasteiger partial charge in [-0.05, 0) is 13.0 Å². The van der Waals surface area contributed by atoms with E-state index < -0.39 is 0 Å². The molecule has 0 N–H and O–H groups in total. The van der Waals surface area contributed by atoms with Gasteiger partial charge in [0.1, 0.15) is 6.10 Å². The zero-order valence-electron chi connectivity index (χ0n) is 7.20. The Kier molecular flexibility index (Phi) is 1.73. The van der Waals surface area contributed by atoms with Crippen molar-refractivity contribution in [1.29, 1.82) is 0 Å². The van der Waals surface area contributed by atoms with Gasteiger partial charge in [0, 0.05) is 17.3 Å². The minimum Gasteiger partial charge on any atom is -0.481 e. The monoisotopic (exact) mass is 165 g/mol. The molecule has 1 saturated heterocycles. The fraction of sp³-hybridized carbons (Fsp3) is 0.444. The number of hydrogen-bond donors (Lipinski definition) is 0. The topological polar surface area (TPSA) is 34.6 Å². The summed E-state index contributed by atoms with van der Waals surface area (Å²) in [6, 6.07) is 2.06. The molecule has 64 valence electrons. The zero-order chi connectivity index (χ0) is 8.55. The Morgan fingerprint density at radius 1 is 1.67 bits per heavy atom. The van der Waals surface area contributed by atoms with Gasteiger partial charge in [0.25, 0.3) is 0 Å². The highest BCUT2D eigenvalue weighted by Crippen LogP contribution is 2.30. The highest BCUT2D eigenvalue weighted by molar-refractivity contribution is 5.30. The van der Waals surface area contributed by atoms with Crippen LogP contribution in [0.25, 0.3) is 0 Å².